The summed E-state index contributed by atoms with van der Waals surface area (Å²) in [6.45, 7) is 2.48. The van der Waals surface area contributed by atoms with E-state index in [1.165, 1.54) is 17.0 Å². The maximum absolute atomic E-state index is 13.3. The maximum atomic E-state index is 13.3. The van der Waals surface area contributed by atoms with Crippen molar-refractivity contribution in [1.29, 1.82) is 0 Å². The van der Waals surface area contributed by atoms with Gasteiger partial charge in [-0.3, -0.25) is 4.79 Å². The van der Waals surface area contributed by atoms with Crippen LogP contribution in [0.25, 0.3) is 0 Å². The minimum absolute atomic E-state index is 0.0843. The van der Waals surface area contributed by atoms with E-state index in [2.05, 4.69) is 5.32 Å². The number of anilines is 1. The third kappa shape index (κ3) is 3.81. The number of aliphatic carboxylic acids is 1. The topological polar surface area (TPSA) is 69.6 Å². The van der Waals surface area contributed by atoms with Gasteiger partial charge in [-0.15, -0.1) is 0 Å². The number of nitrogens with zero attached hydrogens (tertiary/aromatic N) is 1. The number of benzene rings is 1. The van der Waals surface area contributed by atoms with Crippen molar-refractivity contribution in [3.8, 4) is 0 Å². The zero-order chi connectivity index (χ0) is 16.4. The second kappa shape index (κ2) is 6.71. The molecule has 8 heteroatoms. The lowest BCUT2D eigenvalue weighted by molar-refractivity contribution is -0.143. The molecule has 0 bridgehead atoms. The largest absolute Gasteiger partial charge is 0.481 e. The number of piperidine rings is 1. The molecular formula is C14H15Cl2FN2O3. The van der Waals surface area contributed by atoms with Crippen LogP contribution < -0.4 is 5.32 Å². The lowest BCUT2D eigenvalue weighted by atomic mass is 9.91. The van der Waals surface area contributed by atoms with Crippen molar-refractivity contribution in [3.63, 3.8) is 0 Å². The summed E-state index contributed by atoms with van der Waals surface area (Å²) in [5, 5.41) is 11.3. The third-order valence-electron chi connectivity index (χ3n) is 3.53. The van der Waals surface area contributed by atoms with E-state index in [0.29, 0.717) is 13.0 Å². The first-order chi connectivity index (χ1) is 10.3. The van der Waals surface area contributed by atoms with Gasteiger partial charge in [0.2, 0.25) is 0 Å². The Hall–Kier alpha value is -1.53. The van der Waals surface area contributed by atoms with Crippen LogP contribution >= 0.6 is 23.2 Å². The van der Waals surface area contributed by atoms with Crippen LogP contribution in [0.4, 0.5) is 14.9 Å². The Morgan fingerprint density at radius 1 is 1.32 bits per heavy atom. The second-order valence-corrected chi connectivity index (χ2v) is 6.28. The lowest BCUT2D eigenvalue weighted by Crippen LogP contribution is -2.47. The molecule has 0 aromatic heterocycles. The van der Waals surface area contributed by atoms with Crippen molar-refractivity contribution in [2.24, 2.45) is 11.8 Å². The highest BCUT2D eigenvalue weighted by Crippen LogP contribution is 2.28. The zero-order valence-corrected chi connectivity index (χ0v) is 13.3. The maximum Gasteiger partial charge on any atom is 0.321 e. The van der Waals surface area contributed by atoms with E-state index in [1.54, 1.807) is 0 Å². The molecule has 0 radical (unpaired) electrons. The Kier molecular flexibility index (Phi) is 5.13. The van der Waals surface area contributed by atoms with Crippen LogP contribution in [-0.4, -0.2) is 35.1 Å². The molecule has 0 aliphatic carbocycles. The van der Waals surface area contributed by atoms with Gasteiger partial charge in [0, 0.05) is 18.8 Å². The van der Waals surface area contributed by atoms with E-state index in [-0.39, 0.29) is 28.2 Å². The number of carboxylic acids is 1. The smallest absolute Gasteiger partial charge is 0.321 e. The average molecular weight is 349 g/mol. The molecule has 1 aromatic carbocycles. The SMILES string of the molecule is CC1CC(C(=O)O)CN(C(=O)Nc2cc(Cl)c(F)c(Cl)c2)C1. The molecule has 120 valence electrons. The molecule has 22 heavy (non-hydrogen) atoms. The number of hydrogen-bond donors (Lipinski definition) is 2. The Morgan fingerprint density at radius 2 is 1.91 bits per heavy atom. The van der Waals surface area contributed by atoms with Crippen LogP contribution in [0.1, 0.15) is 13.3 Å². The Morgan fingerprint density at radius 3 is 2.45 bits per heavy atom. The number of halogens is 3. The first-order valence-corrected chi connectivity index (χ1v) is 7.46. The van der Waals surface area contributed by atoms with Crippen molar-refractivity contribution in [3.05, 3.63) is 28.0 Å². The van der Waals surface area contributed by atoms with E-state index >= 15 is 0 Å². The molecule has 1 aromatic rings. The number of rotatable bonds is 2. The van der Waals surface area contributed by atoms with Gasteiger partial charge in [0.1, 0.15) is 0 Å². The highest BCUT2D eigenvalue weighted by molar-refractivity contribution is 6.35. The predicted molar refractivity (Wildman–Crippen MR) is 81.9 cm³/mol. The number of carbonyl (C=O) groups is 2. The van der Waals surface area contributed by atoms with Gasteiger partial charge >= 0.3 is 12.0 Å². The summed E-state index contributed by atoms with van der Waals surface area (Å²) < 4.78 is 13.3. The molecular weight excluding hydrogens is 334 g/mol. The molecule has 2 unspecified atom stereocenters. The fourth-order valence-corrected chi connectivity index (χ4v) is 3.01. The van der Waals surface area contributed by atoms with Crippen LogP contribution in [0.15, 0.2) is 12.1 Å². The van der Waals surface area contributed by atoms with Gasteiger partial charge in [0.25, 0.3) is 0 Å². The number of likely N-dealkylation sites (tertiary alicyclic amines) is 1. The van der Waals surface area contributed by atoms with Gasteiger partial charge in [-0.1, -0.05) is 30.1 Å². The third-order valence-corrected chi connectivity index (χ3v) is 4.08. The number of nitrogens with one attached hydrogen (secondary N) is 1. The monoisotopic (exact) mass is 348 g/mol. The first kappa shape index (κ1) is 16.8. The molecule has 1 aliphatic heterocycles. The summed E-state index contributed by atoms with van der Waals surface area (Å²) in [5.41, 5.74) is 0.256. The quantitative estimate of drug-likeness (QED) is 0.800. The molecule has 1 aliphatic rings. The summed E-state index contributed by atoms with van der Waals surface area (Å²) in [5.74, 6) is -2.17. The minimum Gasteiger partial charge on any atom is -0.481 e. The Balaban J connectivity index is 2.10. The van der Waals surface area contributed by atoms with Crippen molar-refractivity contribution in [1.82, 2.24) is 4.90 Å². The zero-order valence-electron chi connectivity index (χ0n) is 11.8. The van der Waals surface area contributed by atoms with Crippen LogP contribution in [-0.2, 0) is 4.79 Å². The normalized spacial score (nSPS) is 21.5. The van der Waals surface area contributed by atoms with Crippen molar-refractivity contribution in [2.45, 2.75) is 13.3 Å². The molecule has 1 fully saturated rings. The number of hydrogen-bond acceptors (Lipinski definition) is 2. The van der Waals surface area contributed by atoms with E-state index in [0.717, 1.165) is 0 Å². The standard InChI is InChI=1S/C14H15Cl2FN2O3/c1-7-2-8(13(20)21)6-19(5-7)14(22)18-9-3-10(15)12(17)11(16)4-9/h3-4,7-8H,2,5-6H2,1H3,(H,18,22)(H,20,21). The Labute approximate surface area is 137 Å². The number of carbonyl (C=O) groups excluding carboxylic acids is 1. The first-order valence-electron chi connectivity index (χ1n) is 6.71. The van der Waals surface area contributed by atoms with Crippen LogP contribution in [0, 0.1) is 17.7 Å². The van der Waals surface area contributed by atoms with Crippen LogP contribution in [0.2, 0.25) is 10.0 Å². The summed E-state index contributed by atoms with van der Waals surface area (Å²) in [4.78, 5) is 24.8. The van der Waals surface area contributed by atoms with E-state index in [9.17, 15) is 14.0 Å². The van der Waals surface area contributed by atoms with Crippen LogP contribution in [0.5, 0.6) is 0 Å². The number of carboxylic acid groups (broad SMARTS) is 1. The molecule has 0 saturated carbocycles. The van der Waals surface area contributed by atoms with E-state index in [1.807, 2.05) is 6.92 Å². The highest BCUT2D eigenvalue weighted by Gasteiger charge is 2.32. The molecule has 0 spiro atoms. The highest BCUT2D eigenvalue weighted by atomic mass is 35.5. The lowest BCUT2D eigenvalue weighted by Gasteiger charge is -2.34. The molecule has 2 atom stereocenters. The molecule has 2 rings (SSSR count). The molecule has 2 N–H and O–H groups in total. The fraction of sp³-hybridized carbons (Fsp3) is 0.429. The summed E-state index contributed by atoms with van der Waals surface area (Å²) in [6.07, 6.45) is 0.535. The van der Waals surface area contributed by atoms with Gasteiger partial charge in [0.05, 0.1) is 16.0 Å². The number of urea groups is 1. The van der Waals surface area contributed by atoms with Gasteiger partial charge in [-0.2, -0.15) is 0 Å². The minimum atomic E-state index is -0.919. The fourth-order valence-electron chi connectivity index (χ4n) is 2.53. The van der Waals surface area contributed by atoms with E-state index in [4.69, 9.17) is 28.3 Å². The summed E-state index contributed by atoms with van der Waals surface area (Å²) >= 11 is 11.3. The van der Waals surface area contributed by atoms with Crippen molar-refractivity contribution in [2.75, 3.05) is 18.4 Å². The second-order valence-electron chi connectivity index (χ2n) is 5.47. The molecule has 1 heterocycles. The number of amides is 2. The van der Waals surface area contributed by atoms with Gasteiger partial charge in [-0.05, 0) is 24.5 Å². The predicted octanol–water partition coefficient (Wildman–Crippen LogP) is 3.71. The van der Waals surface area contributed by atoms with Crippen molar-refractivity contribution < 1.29 is 19.1 Å². The summed E-state index contributed by atoms with van der Waals surface area (Å²) in [7, 11) is 0. The Bertz CT molecular complexity index is 589. The van der Waals surface area contributed by atoms with Crippen molar-refractivity contribution >= 4 is 40.9 Å². The average Bonchev–Trinajstić information content (AvgIpc) is 2.43. The van der Waals surface area contributed by atoms with Gasteiger partial charge in [0.15, 0.2) is 5.82 Å². The van der Waals surface area contributed by atoms with E-state index < -0.39 is 23.7 Å². The van der Waals surface area contributed by atoms with Crippen LogP contribution in [0.3, 0.4) is 0 Å². The molecule has 1 saturated heterocycles. The summed E-state index contributed by atoms with van der Waals surface area (Å²) in [6, 6.07) is 2.04. The van der Waals surface area contributed by atoms with Gasteiger partial charge < -0.3 is 15.3 Å². The van der Waals surface area contributed by atoms with Gasteiger partial charge in [-0.25, -0.2) is 9.18 Å². The molecule has 5 nitrogen and oxygen atoms in total. The molecule has 2 amide bonds.